The number of amides is 1. The molecule has 5 rings (SSSR count). The molecule has 8 heteroatoms. The van der Waals surface area contributed by atoms with Crippen LogP contribution in [0.5, 0.6) is 11.6 Å². The van der Waals surface area contributed by atoms with E-state index < -0.39 is 0 Å². The molecule has 0 bridgehead atoms. The Morgan fingerprint density at radius 3 is 2.82 bits per heavy atom. The van der Waals surface area contributed by atoms with Crippen LogP contribution in [0, 0.1) is 0 Å². The molecule has 0 unspecified atom stereocenters. The Labute approximate surface area is 163 Å². The smallest absolute Gasteiger partial charge is 0.273 e. The molecule has 5 aromatic rings. The van der Waals surface area contributed by atoms with Gasteiger partial charge in [0, 0.05) is 21.8 Å². The van der Waals surface area contributed by atoms with Gasteiger partial charge in [-0.3, -0.25) is 9.20 Å². The lowest BCUT2D eigenvalue weighted by atomic mass is 10.2. The molecule has 0 spiro atoms. The predicted molar refractivity (Wildman–Crippen MR) is 107 cm³/mol. The number of aromatic nitrogens is 4. The second kappa shape index (κ2) is 6.75. The number of benzene rings is 2. The van der Waals surface area contributed by atoms with Crippen LogP contribution >= 0.6 is 11.3 Å². The zero-order valence-corrected chi connectivity index (χ0v) is 15.3. The van der Waals surface area contributed by atoms with Crippen molar-refractivity contribution >= 4 is 38.5 Å². The third kappa shape index (κ3) is 2.95. The Morgan fingerprint density at radius 2 is 1.93 bits per heavy atom. The summed E-state index contributed by atoms with van der Waals surface area (Å²) in [5.74, 6) is 0.852. The van der Waals surface area contributed by atoms with Gasteiger partial charge in [-0.05, 0) is 30.3 Å². The molecule has 3 aromatic heterocycles. The summed E-state index contributed by atoms with van der Waals surface area (Å²) in [6, 6.07) is 14.9. The van der Waals surface area contributed by atoms with E-state index in [1.165, 1.54) is 11.3 Å². The second-order valence-electron chi connectivity index (χ2n) is 6.04. The summed E-state index contributed by atoms with van der Waals surface area (Å²) >= 11 is 1.47. The summed E-state index contributed by atoms with van der Waals surface area (Å²) in [5.41, 5.74) is 1.21. The predicted octanol–water partition coefficient (Wildman–Crippen LogP) is 4.38. The Hall–Kier alpha value is -3.78. The molecule has 0 atom stereocenters. The van der Waals surface area contributed by atoms with E-state index in [1.54, 1.807) is 47.4 Å². The van der Waals surface area contributed by atoms with E-state index in [-0.39, 0.29) is 5.91 Å². The summed E-state index contributed by atoms with van der Waals surface area (Å²) in [6.07, 6.45) is 5.05. The molecule has 0 aliphatic rings. The highest BCUT2D eigenvalue weighted by Crippen LogP contribution is 2.27. The van der Waals surface area contributed by atoms with Gasteiger partial charge in [-0.15, -0.1) is 16.4 Å². The number of nitrogens with one attached hydrogen (secondary N) is 1. The number of fused-ring (bicyclic) bond motifs is 2. The van der Waals surface area contributed by atoms with Crippen LogP contribution in [0.15, 0.2) is 72.6 Å². The molecular weight excluding hydrogens is 374 g/mol. The van der Waals surface area contributed by atoms with Crippen LogP contribution in [-0.4, -0.2) is 25.5 Å². The third-order valence-corrected chi connectivity index (χ3v) is 5.14. The van der Waals surface area contributed by atoms with Crippen molar-refractivity contribution in [1.82, 2.24) is 19.6 Å². The van der Waals surface area contributed by atoms with Crippen molar-refractivity contribution in [3.05, 3.63) is 78.3 Å². The molecule has 0 saturated carbocycles. The first-order valence-corrected chi connectivity index (χ1v) is 9.35. The van der Waals surface area contributed by atoms with E-state index in [0.717, 1.165) is 15.6 Å². The van der Waals surface area contributed by atoms with E-state index >= 15 is 0 Å². The monoisotopic (exact) mass is 387 g/mol. The number of nitrogens with zero attached hydrogens (tertiary/aromatic N) is 4. The fourth-order valence-electron chi connectivity index (χ4n) is 2.88. The largest absolute Gasteiger partial charge is 0.437 e. The highest BCUT2D eigenvalue weighted by molar-refractivity contribution is 7.15. The molecule has 0 aliphatic carbocycles. The van der Waals surface area contributed by atoms with Gasteiger partial charge in [0.05, 0.1) is 12.4 Å². The number of rotatable bonds is 4. The first kappa shape index (κ1) is 16.4. The van der Waals surface area contributed by atoms with Gasteiger partial charge in [0.2, 0.25) is 5.88 Å². The quantitative estimate of drug-likeness (QED) is 0.495. The molecule has 0 radical (unpaired) electrons. The van der Waals surface area contributed by atoms with E-state index in [1.807, 2.05) is 29.6 Å². The van der Waals surface area contributed by atoms with Crippen molar-refractivity contribution in [2.45, 2.75) is 0 Å². The summed E-state index contributed by atoms with van der Waals surface area (Å²) in [5, 5.41) is 14.6. The molecule has 136 valence electrons. The van der Waals surface area contributed by atoms with Gasteiger partial charge in [0.25, 0.3) is 5.91 Å². The van der Waals surface area contributed by atoms with Crippen molar-refractivity contribution < 1.29 is 9.53 Å². The number of hydrogen-bond donors (Lipinski definition) is 1. The lowest BCUT2D eigenvalue weighted by Crippen LogP contribution is -2.13. The third-order valence-electron chi connectivity index (χ3n) is 4.25. The maximum atomic E-state index is 12.5. The summed E-state index contributed by atoms with van der Waals surface area (Å²) in [7, 11) is 0. The first-order valence-electron chi connectivity index (χ1n) is 8.47. The topological polar surface area (TPSA) is 81.4 Å². The molecule has 7 nitrogen and oxygen atoms in total. The SMILES string of the molecule is O=C(Nc1ccc(Oc2nncc3ccccc23)cc1)c1csc2cncn12. The lowest BCUT2D eigenvalue weighted by Gasteiger charge is -2.08. The van der Waals surface area contributed by atoms with Crippen molar-refractivity contribution in [2.75, 3.05) is 5.32 Å². The average molecular weight is 387 g/mol. The van der Waals surface area contributed by atoms with Crippen LogP contribution in [0.3, 0.4) is 0 Å². The Morgan fingerprint density at radius 1 is 1.07 bits per heavy atom. The fourth-order valence-corrected chi connectivity index (χ4v) is 3.71. The van der Waals surface area contributed by atoms with Crippen molar-refractivity contribution in [1.29, 1.82) is 0 Å². The molecular formula is C20H13N5O2S. The molecule has 2 aromatic carbocycles. The molecule has 0 aliphatic heterocycles. The molecule has 1 amide bonds. The molecule has 28 heavy (non-hydrogen) atoms. The lowest BCUT2D eigenvalue weighted by molar-refractivity contribution is 0.102. The zero-order valence-electron chi connectivity index (χ0n) is 14.4. The highest BCUT2D eigenvalue weighted by Gasteiger charge is 2.13. The molecule has 1 N–H and O–H groups in total. The number of carbonyl (C=O) groups excluding carboxylic acids is 1. The standard InChI is InChI=1S/C20H13N5O2S/c26-19(17-11-28-18-10-21-12-25(17)18)23-14-5-7-15(8-6-14)27-20-16-4-2-1-3-13(16)9-22-24-20/h1-12H,(H,23,26). The van der Waals surface area contributed by atoms with Crippen LogP contribution in [0.25, 0.3) is 15.6 Å². The van der Waals surface area contributed by atoms with Crippen molar-refractivity contribution in [2.24, 2.45) is 0 Å². The highest BCUT2D eigenvalue weighted by atomic mass is 32.1. The van der Waals surface area contributed by atoms with Gasteiger partial charge in [-0.25, -0.2) is 4.98 Å². The van der Waals surface area contributed by atoms with Crippen LogP contribution in [-0.2, 0) is 0 Å². The zero-order chi connectivity index (χ0) is 18.9. The van der Waals surface area contributed by atoms with E-state index in [9.17, 15) is 4.79 Å². The average Bonchev–Trinajstić information content (AvgIpc) is 3.33. The number of carbonyl (C=O) groups is 1. The molecule has 0 saturated heterocycles. The summed E-state index contributed by atoms with van der Waals surface area (Å²) in [6.45, 7) is 0. The van der Waals surface area contributed by atoms with Gasteiger partial charge in [-0.2, -0.15) is 5.10 Å². The van der Waals surface area contributed by atoms with Crippen LogP contribution in [0.2, 0.25) is 0 Å². The summed E-state index contributed by atoms with van der Waals surface area (Å²) < 4.78 is 7.63. The van der Waals surface area contributed by atoms with Crippen LogP contribution in [0.4, 0.5) is 5.69 Å². The Balaban J connectivity index is 1.34. The minimum atomic E-state index is -0.196. The number of hydrogen-bond acceptors (Lipinski definition) is 6. The van der Waals surface area contributed by atoms with E-state index in [2.05, 4.69) is 20.5 Å². The van der Waals surface area contributed by atoms with Crippen molar-refractivity contribution in [3.8, 4) is 11.6 Å². The number of anilines is 1. The van der Waals surface area contributed by atoms with E-state index in [4.69, 9.17) is 4.74 Å². The molecule has 0 fully saturated rings. The van der Waals surface area contributed by atoms with Crippen molar-refractivity contribution in [3.63, 3.8) is 0 Å². The Kier molecular flexibility index (Phi) is 3.95. The number of ether oxygens (including phenoxy) is 1. The van der Waals surface area contributed by atoms with Gasteiger partial charge >= 0.3 is 0 Å². The molecule has 3 heterocycles. The van der Waals surface area contributed by atoms with Gasteiger partial charge < -0.3 is 10.1 Å². The number of imidazole rings is 1. The minimum Gasteiger partial charge on any atom is -0.437 e. The first-order chi connectivity index (χ1) is 13.8. The summed E-state index contributed by atoms with van der Waals surface area (Å²) in [4.78, 5) is 17.5. The van der Waals surface area contributed by atoms with Gasteiger partial charge in [0.15, 0.2) is 0 Å². The maximum absolute atomic E-state index is 12.5. The van der Waals surface area contributed by atoms with Gasteiger partial charge in [-0.1, -0.05) is 18.2 Å². The fraction of sp³-hybridized carbons (Fsp3) is 0. The maximum Gasteiger partial charge on any atom is 0.273 e. The van der Waals surface area contributed by atoms with Gasteiger partial charge in [0.1, 0.15) is 22.6 Å². The normalized spacial score (nSPS) is 11.0. The Bertz CT molecular complexity index is 1290. The minimum absolute atomic E-state index is 0.196. The van der Waals surface area contributed by atoms with E-state index in [0.29, 0.717) is 23.0 Å². The van der Waals surface area contributed by atoms with Crippen LogP contribution in [0.1, 0.15) is 10.5 Å². The van der Waals surface area contributed by atoms with Crippen LogP contribution < -0.4 is 10.1 Å². The second-order valence-corrected chi connectivity index (χ2v) is 6.93. The number of thiazole rings is 1.